The number of aromatic nitrogens is 2. The molecule has 96 valence electrons. The van der Waals surface area contributed by atoms with E-state index in [1.165, 1.54) is 12.4 Å². The third kappa shape index (κ3) is 3.02. The summed E-state index contributed by atoms with van der Waals surface area (Å²) in [6, 6.07) is 7.13. The van der Waals surface area contributed by atoms with Crippen molar-refractivity contribution in [1.29, 1.82) is 0 Å². The van der Waals surface area contributed by atoms with E-state index in [1.807, 2.05) is 19.1 Å². The van der Waals surface area contributed by atoms with Gasteiger partial charge in [0.15, 0.2) is 0 Å². The van der Waals surface area contributed by atoms with E-state index in [-0.39, 0.29) is 4.90 Å². The van der Waals surface area contributed by atoms with Gasteiger partial charge in [0.1, 0.15) is 4.90 Å². The molecule has 0 spiro atoms. The van der Waals surface area contributed by atoms with Crippen molar-refractivity contribution in [1.82, 2.24) is 9.78 Å². The maximum absolute atomic E-state index is 12.0. The van der Waals surface area contributed by atoms with Crippen LogP contribution in [0.2, 0.25) is 0 Å². The van der Waals surface area contributed by atoms with Gasteiger partial charge in [-0.1, -0.05) is 0 Å². The third-order valence-electron chi connectivity index (χ3n) is 2.34. The number of halogens is 1. The minimum absolute atomic E-state index is 0.169. The fraction of sp³-hybridized carbons (Fsp3) is 0.182. The van der Waals surface area contributed by atoms with Gasteiger partial charge in [-0.15, -0.1) is 0 Å². The van der Waals surface area contributed by atoms with Gasteiger partial charge >= 0.3 is 0 Å². The van der Waals surface area contributed by atoms with Crippen molar-refractivity contribution < 1.29 is 8.42 Å². The summed E-state index contributed by atoms with van der Waals surface area (Å²) in [7, 11) is -3.55. The Morgan fingerprint density at radius 2 is 2.00 bits per heavy atom. The Kier molecular flexibility index (Phi) is 3.91. The predicted octanol–water partition coefficient (Wildman–Crippen LogP) is 2.31. The Balaban J connectivity index is 2.24. The number of hydrogen-bond donors (Lipinski definition) is 1. The largest absolute Gasteiger partial charge is 0.280 e. The Bertz CT molecular complexity index is 635. The van der Waals surface area contributed by atoms with Crippen LogP contribution in [0.4, 0.5) is 5.69 Å². The lowest BCUT2D eigenvalue weighted by atomic mass is 10.3. The fourth-order valence-electron chi connectivity index (χ4n) is 1.39. The number of sulfonamides is 1. The minimum Gasteiger partial charge on any atom is -0.280 e. The van der Waals surface area contributed by atoms with Crippen LogP contribution in [0.1, 0.15) is 6.92 Å². The number of benzene rings is 1. The van der Waals surface area contributed by atoms with Gasteiger partial charge in [-0.05, 0) is 53.8 Å². The highest BCUT2D eigenvalue weighted by atomic mass is 127. The summed E-state index contributed by atoms with van der Waals surface area (Å²) < 4.78 is 29.2. The lowest BCUT2D eigenvalue weighted by Gasteiger charge is -2.05. The maximum atomic E-state index is 12.0. The number of nitrogens with one attached hydrogen (secondary N) is 1. The Hall–Kier alpha value is -1.09. The number of nitrogens with zero attached hydrogens (tertiary/aromatic N) is 2. The smallest absolute Gasteiger partial charge is 0.265 e. The standard InChI is InChI=1S/C11H12IN3O2S/c1-2-15-8-11(7-13-15)18(16,17)14-10-5-3-9(12)4-6-10/h3-8,14H,2H2,1H3. The molecule has 0 saturated heterocycles. The van der Waals surface area contributed by atoms with Crippen molar-refractivity contribution >= 4 is 38.3 Å². The van der Waals surface area contributed by atoms with Gasteiger partial charge < -0.3 is 0 Å². The molecular weight excluding hydrogens is 365 g/mol. The molecule has 0 aliphatic heterocycles. The first kappa shape index (κ1) is 13.3. The van der Waals surface area contributed by atoms with Crippen LogP contribution in [0.25, 0.3) is 0 Å². The normalized spacial score (nSPS) is 11.4. The number of rotatable bonds is 4. The Morgan fingerprint density at radius 3 is 2.56 bits per heavy atom. The molecule has 18 heavy (non-hydrogen) atoms. The van der Waals surface area contributed by atoms with Crippen molar-refractivity contribution in [3.8, 4) is 0 Å². The summed E-state index contributed by atoms with van der Waals surface area (Å²) in [5.74, 6) is 0. The fourth-order valence-corrected chi connectivity index (χ4v) is 2.76. The molecule has 1 aromatic carbocycles. The van der Waals surface area contributed by atoms with Gasteiger partial charge in [-0.25, -0.2) is 8.42 Å². The summed E-state index contributed by atoms with van der Waals surface area (Å²) in [4.78, 5) is 0.169. The molecule has 7 heteroatoms. The van der Waals surface area contributed by atoms with Crippen molar-refractivity contribution in [3.05, 3.63) is 40.2 Å². The first-order valence-corrected chi connectivity index (χ1v) is 7.88. The first-order chi connectivity index (χ1) is 8.51. The van der Waals surface area contributed by atoms with Crippen LogP contribution in [-0.2, 0) is 16.6 Å². The molecule has 0 saturated carbocycles. The van der Waals surface area contributed by atoms with Gasteiger partial charge in [0.05, 0.1) is 6.20 Å². The van der Waals surface area contributed by atoms with E-state index in [0.717, 1.165) is 3.57 Å². The van der Waals surface area contributed by atoms with E-state index in [4.69, 9.17) is 0 Å². The molecule has 2 rings (SSSR count). The molecule has 0 fully saturated rings. The molecule has 5 nitrogen and oxygen atoms in total. The SMILES string of the molecule is CCn1cc(S(=O)(=O)Nc2ccc(I)cc2)cn1. The van der Waals surface area contributed by atoms with Gasteiger partial charge in [0.25, 0.3) is 10.0 Å². The molecular formula is C11H12IN3O2S. The molecule has 0 radical (unpaired) electrons. The molecule has 0 aliphatic rings. The summed E-state index contributed by atoms with van der Waals surface area (Å²) >= 11 is 2.16. The quantitative estimate of drug-likeness (QED) is 0.832. The Morgan fingerprint density at radius 1 is 1.33 bits per heavy atom. The minimum atomic E-state index is -3.55. The van der Waals surface area contributed by atoms with Crippen LogP contribution in [0, 0.1) is 3.57 Å². The van der Waals surface area contributed by atoms with Crippen LogP contribution in [0.5, 0.6) is 0 Å². The van der Waals surface area contributed by atoms with Crippen LogP contribution in [0.3, 0.4) is 0 Å². The number of hydrogen-bond acceptors (Lipinski definition) is 3. The van der Waals surface area contributed by atoms with Crippen LogP contribution < -0.4 is 4.72 Å². The van der Waals surface area contributed by atoms with E-state index >= 15 is 0 Å². The van der Waals surface area contributed by atoms with E-state index in [2.05, 4.69) is 32.4 Å². The lowest BCUT2D eigenvalue weighted by molar-refractivity contribution is 0.600. The summed E-state index contributed by atoms with van der Waals surface area (Å²) in [6.45, 7) is 2.54. The zero-order valence-electron chi connectivity index (χ0n) is 9.67. The van der Waals surface area contributed by atoms with Crippen LogP contribution in [0.15, 0.2) is 41.6 Å². The topological polar surface area (TPSA) is 64.0 Å². The molecule has 1 aromatic heterocycles. The highest BCUT2D eigenvalue weighted by Crippen LogP contribution is 2.16. The highest BCUT2D eigenvalue weighted by Gasteiger charge is 2.16. The first-order valence-electron chi connectivity index (χ1n) is 5.32. The Labute approximate surface area is 119 Å². The monoisotopic (exact) mass is 377 g/mol. The molecule has 0 atom stereocenters. The van der Waals surface area contributed by atoms with Gasteiger partial charge in [0.2, 0.25) is 0 Å². The summed E-state index contributed by atoms with van der Waals surface area (Å²) in [5, 5.41) is 3.95. The van der Waals surface area contributed by atoms with E-state index < -0.39 is 10.0 Å². The second-order valence-corrected chi connectivity index (χ2v) is 6.57. The zero-order valence-corrected chi connectivity index (χ0v) is 12.6. The highest BCUT2D eigenvalue weighted by molar-refractivity contribution is 14.1. The van der Waals surface area contributed by atoms with Gasteiger partial charge in [-0.2, -0.15) is 5.10 Å². The molecule has 2 aromatic rings. The van der Waals surface area contributed by atoms with Crippen LogP contribution in [-0.4, -0.2) is 18.2 Å². The molecule has 0 bridgehead atoms. The van der Waals surface area contributed by atoms with Crippen molar-refractivity contribution in [3.63, 3.8) is 0 Å². The average Bonchev–Trinajstić information content (AvgIpc) is 2.81. The van der Waals surface area contributed by atoms with E-state index in [1.54, 1.807) is 16.8 Å². The second kappa shape index (κ2) is 5.27. The number of aryl methyl sites for hydroxylation is 1. The number of anilines is 1. The zero-order chi connectivity index (χ0) is 13.2. The second-order valence-electron chi connectivity index (χ2n) is 3.64. The molecule has 0 amide bonds. The molecule has 1 N–H and O–H groups in total. The summed E-state index contributed by atoms with van der Waals surface area (Å²) in [5.41, 5.74) is 0.541. The predicted molar refractivity (Wildman–Crippen MR) is 77.9 cm³/mol. The van der Waals surface area contributed by atoms with Gasteiger partial charge in [0, 0.05) is 22.0 Å². The average molecular weight is 377 g/mol. The van der Waals surface area contributed by atoms with Crippen molar-refractivity contribution in [2.45, 2.75) is 18.4 Å². The third-order valence-corrected chi connectivity index (χ3v) is 4.40. The summed E-state index contributed by atoms with van der Waals surface area (Å²) in [6.07, 6.45) is 2.85. The van der Waals surface area contributed by atoms with Crippen molar-refractivity contribution in [2.75, 3.05) is 4.72 Å². The lowest BCUT2D eigenvalue weighted by Crippen LogP contribution is -2.12. The van der Waals surface area contributed by atoms with Crippen LogP contribution >= 0.6 is 22.6 Å². The molecule has 0 aliphatic carbocycles. The molecule has 1 heterocycles. The van der Waals surface area contributed by atoms with Crippen molar-refractivity contribution in [2.24, 2.45) is 0 Å². The van der Waals surface area contributed by atoms with Gasteiger partial charge in [-0.3, -0.25) is 9.40 Å². The maximum Gasteiger partial charge on any atom is 0.265 e. The van der Waals surface area contributed by atoms with E-state index in [0.29, 0.717) is 12.2 Å². The van der Waals surface area contributed by atoms with E-state index in [9.17, 15) is 8.42 Å². The molecule has 0 unspecified atom stereocenters.